The standard InChI is InChI=1S/C19H26N2O5/c1-19(2,3)21-18(24)20-15(12-14-8-6-5-7-9-14)13-26-17(23)11-10-16(22)25-4/h5-11,15H,12-13H2,1-4H3,(H2,20,21,24)/b11-10+/t15-/m1/s1. The molecule has 7 heteroatoms. The molecule has 0 fully saturated rings. The van der Waals surface area contributed by atoms with Gasteiger partial charge in [-0.15, -0.1) is 0 Å². The maximum absolute atomic E-state index is 12.1. The predicted molar refractivity (Wildman–Crippen MR) is 97.5 cm³/mol. The van der Waals surface area contributed by atoms with Gasteiger partial charge in [0.25, 0.3) is 0 Å². The van der Waals surface area contributed by atoms with Gasteiger partial charge in [-0.3, -0.25) is 0 Å². The van der Waals surface area contributed by atoms with E-state index in [0.29, 0.717) is 6.42 Å². The van der Waals surface area contributed by atoms with Crippen molar-refractivity contribution in [1.29, 1.82) is 0 Å². The molecule has 0 spiro atoms. The maximum Gasteiger partial charge on any atom is 0.331 e. The number of methoxy groups -OCH3 is 1. The van der Waals surface area contributed by atoms with Gasteiger partial charge in [0.1, 0.15) is 6.61 Å². The average Bonchev–Trinajstić information content (AvgIpc) is 2.56. The molecular formula is C19H26N2O5. The van der Waals surface area contributed by atoms with Crippen LogP contribution < -0.4 is 10.6 Å². The van der Waals surface area contributed by atoms with E-state index in [9.17, 15) is 14.4 Å². The fraction of sp³-hybridized carbons (Fsp3) is 0.421. The van der Waals surface area contributed by atoms with E-state index in [1.54, 1.807) is 0 Å². The van der Waals surface area contributed by atoms with E-state index >= 15 is 0 Å². The summed E-state index contributed by atoms with van der Waals surface area (Å²) in [6.45, 7) is 5.58. The number of ether oxygens (including phenoxy) is 2. The van der Waals surface area contributed by atoms with Gasteiger partial charge in [-0.05, 0) is 32.8 Å². The van der Waals surface area contributed by atoms with E-state index < -0.39 is 18.0 Å². The molecule has 0 aliphatic heterocycles. The molecule has 0 saturated carbocycles. The van der Waals surface area contributed by atoms with Crippen LogP contribution in [-0.2, 0) is 25.5 Å². The molecule has 2 amide bonds. The minimum absolute atomic E-state index is 0.0309. The van der Waals surface area contributed by atoms with Crippen molar-refractivity contribution in [2.24, 2.45) is 0 Å². The van der Waals surface area contributed by atoms with E-state index in [0.717, 1.165) is 17.7 Å². The third kappa shape index (κ3) is 9.46. The van der Waals surface area contributed by atoms with E-state index in [-0.39, 0.29) is 18.2 Å². The summed E-state index contributed by atoms with van der Waals surface area (Å²) in [5.41, 5.74) is 0.608. The second-order valence-electron chi connectivity index (χ2n) is 6.72. The molecule has 1 aromatic carbocycles. The van der Waals surface area contributed by atoms with Crippen LogP contribution in [0.15, 0.2) is 42.5 Å². The van der Waals surface area contributed by atoms with Crippen molar-refractivity contribution in [2.75, 3.05) is 13.7 Å². The summed E-state index contributed by atoms with van der Waals surface area (Å²) < 4.78 is 9.53. The second-order valence-corrected chi connectivity index (χ2v) is 6.72. The SMILES string of the molecule is COC(=O)/C=C/C(=O)OC[C@@H](Cc1ccccc1)NC(=O)NC(C)(C)C. The van der Waals surface area contributed by atoms with Crippen molar-refractivity contribution in [2.45, 2.75) is 38.8 Å². The molecule has 0 heterocycles. The molecular weight excluding hydrogens is 336 g/mol. The minimum Gasteiger partial charge on any atom is -0.466 e. The van der Waals surface area contributed by atoms with Gasteiger partial charge in [0.15, 0.2) is 0 Å². The van der Waals surface area contributed by atoms with Crippen molar-refractivity contribution in [3.05, 3.63) is 48.0 Å². The van der Waals surface area contributed by atoms with Crippen LogP contribution in [-0.4, -0.2) is 43.3 Å². The Kier molecular flexibility index (Phi) is 8.34. The Bertz CT molecular complexity index is 635. The molecule has 0 aliphatic carbocycles. The lowest BCUT2D eigenvalue weighted by Crippen LogP contribution is -2.51. The van der Waals surface area contributed by atoms with Crippen LogP contribution in [0.4, 0.5) is 4.79 Å². The van der Waals surface area contributed by atoms with Crippen LogP contribution in [0.25, 0.3) is 0 Å². The average molecular weight is 362 g/mol. The van der Waals surface area contributed by atoms with Crippen molar-refractivity contribution in [1.82, 2.24) is 10.6 Å². The largest absolute Gasteiger partial charge is 0.466 e. The summed E-state index contributed by atoms with van der Waals surface area (Å²) in [5.74, 6) is -1.34. The fourth-order valence-electron chi connectivity index (χ4n) is 2.05. The molecule has 142 valence electrons. The topological polar surface area (TPSA) is 93.7 Å². The number of rotatable bonds is 7. The quantitative estimate of drug-likeness (QED) is 0.571. The van der Waals surface area contributed by atoms with E-state index in [4.69, 9.17) is 4.74 Å². The van der Waals surface area contributed by atoms with Crippen LogP contribution in [0.2, 0.25) is 0 Å². The minimum atomic E-state index is -0.688. The molecule has 0 unspecified atom stereocenters. The summed E-state index contributed by atoms with van der Waals surface area (Å²) in [6.07, 6.45) is 2.46. The lowest BCUT2D eigenvalue weighted by Gasteiger charge is -2.24. The summed E-state index contributed by atoms with van der Waals surface area (Å²) >= 11 is 0. The Morgan fingerprint density at radius 3 is 2.27 bits per heavy atom. The first-order chi connectivity index (χ1) is 12.2. The molecule has 7 nitrogen and oxygen atoms in total. The van der Waals surface area contributed by atoms with Gasteiger partial charge in [0.05, 0.1) is 13.2 Å². The van der Waals surface area contributed by atoms with Gasteiger partial charge in [-0.25, -0.2) is 14.4 Å². The number of urea groups is 1. The Morgan fingerprint density at radius 2 is 1.69 bits per heavy atom. The molecule has 0 aromatic heterocycles. The molecule has 0 bridgehead atoms. The van der Waals surface area contributed by atoms with Gasteiger partial charge < -0.3 is 20.1 Å². The molecule has 0 aliphatic rings. The summed E-state index contributed by atoms with van der Waals surface area (Å²) in [6, 6.07) is 8.77. The van der Waals surface area contributed by atoms with Crippen molar-refractivity contribution >= 4 is 18.0 Å². The highest BCUT2D eigenvalue weighted by molar-refractivity contribution is 5.91. The molecule has 1 aromatic rings. The third-order valence-electron chi connectivity index (χ3n) is 3.13. The van der Waals surface area contributed by atoms with Crippen LogP contribution in [0.3, 0.4) is 0 Å². The van der Waals surface area contributed by atoms with E-state index in [1.807, 2.05) is 51.1 Å². The molecule has 26 heavy (non-hydrogen) atoms. The van der Waals surface area contributed by atoms with Crippen molar-refractivity contribution in [3.8, 4) is 0 Å². The summed E-state index contributed by atoms with van der Waals surface area (Å²) in [5, 5.41) is 5.62. The first-order valence-electron chi connectivity index (χ1n) is 8.25. The Balaban J connectivity index is 2.68. The number of hydrogen-bond donors (Lipinski definition) is 2. The number of nitrogens with one attached hydrogen (secondary N) is 2. The predicted octanol–water partition coefficient (Wildman–Crippen LogP) is 1.97. The van der Waals surface area contributed by atoms with Crippen LogP contribution in [0.5, 0.6) is 0 Å². The van der Waals surface area contributed by atoms with Crippen molar-refractivity contribution < 1.29 is 23.9 Å². The number of esters is 2. The number of carbonyl (C=O) groups is 3. The number of carbonyl (C=O) groups excluding carboxylic acids is 3. The van der Waals surface area contributed by atoms with E-state index in [1.165, 1.54) is 7.11 Å². The van der Waals surface area contributed by atoms with Crippen LogP contribution in [0.1, 0.15) is 26.3 Å². The highest BCUT2D eigenvalue weighted by atomic mass is 16.5. The van der Waals surface area contributed by atoms with Gasteiger partial charge in [-0.1, -0.05) is 30.3 Å². The molecule has 0 saturated heterocycles. The fourth-order valence-corrected chi connectivity index (χ4v) is 2.05. The Labute approximate surface area is 153 Å². The molecule has 1 rings (SSSR count). The summed E-state index contributed by atoms with van der Waals surface area (Å²) in [4.78, 5) is 34.8. The zero-order chi connectivity index (χ0) is 19.6. The second kappa shape index (κ2) is 10.2. The van der Waals surface area contributed by atoms with Gasteiger partial charge in [0, 0.05) is 17.7 Å². The number of benzene rings is 1. The zero-order valence-corrected chi connectivity index (χ0v) is 15.6. The first-order valence-corrected chi connectivity index (χ1v) is 8.25. The molecule has 0 radical (unpaired) electrons. The Hall–Kier alpha value is -2.83. The summed E-state index contributed by atoms with van der Waals surface area (Å²) in [7, 11) is 1.21. The number of amides is 2. The van der Waals surface area contributed by atoms with Gasteiger partial charge >= 0.3 is 18.0 Å². The van der Waals surface area contributed by atoms with Crippen molar-refractivity contribution in [3.63, 3.8) is 0 Å². The number of hydrogen-bond acceptors (Lipinski definition) is 5. The van der Waals surface area contributed by atoms with Crippen LogP contribution in [0, 0.1) is 0 Å². The van der Waals surface area contributed by atoms with Crippen LogP contribution >= 0.6 is 0 Å². The molecule has 1 atom stereocenters. The lowest BCUT2D eigenvalue weighted by atomic mass is 10.1. The third-order valence-corrected chi connectivity index (χ3v) is 3.13. The zero-order valence-electron chi connectivity index (χ0n) is 15.6. The lowest BCUT2D eigenvalue weighted by molar-refractivity contribution is -0.139. The van der Waals surface area contributed by atoms with E-state index in [2.05, 4.69) is 15.4 Å². The maximum atomic E-state index is 12.1. The first kappa shape index (κ1) is 21.2. The monoisotopic (exact) mass is 362 g/mol. The van der Waals surface area contributed by atoms with Gasteiger partial charge in [0.2, 0.25) is 0 Å². The highest BCUT2D eigenvalue weighted by Gasteiger charge is 2.19. The smallest absolute Gasteiger partial charge is 0.331 e. The Morgan fingerprint density at radius 1 is 1.08 bits per heavy atom. The van der Waals surface area contributed by atoms with Gasteiger partial charge in [-0.2, -0.15) is 0 Å². The molecule has 2 N–H and O–H groups in total. The highest BCUT2D eigenvalue weighted by Crippen LogP contribution is 2.05. The normalized spacial score (nSPS) is 12.3.